The largest absolute Gasteiger partial charge is 0.261 e. The summed E-state index contributed by atoms with van der Waals surface area (Å²) in [5.41, 5.74) is 3.64. The monoisotopic (exact) mass is 317 g/mol. The lowest BCUT2D eigenvalue weighted by atomic mass is 10.1. The van der Waals surface area contributed by atoms with Crippen molar-refractivity contribution in [2.24, 2.45) is 0 Å². The van der Waals surface area contributed by atoms with E-state index < -0.39 is 0 Å². The molecule has 0 radical (unpaired) electrons. The molecule has 0 N–H and O–H groups in total. The topological polar surface area (TPSA) is 64.5 Å². The zero-order valence-electron chi connectivity index (χ0n) is 12.0. The van der Waals surface area contributed by atoms with Crippen LogP contribution in [0.4, 0.5) is 0 Å². The first-order valence-corrected chi connectivity index (χ1v) is 7.88. The van der Waals surface area contributed by atoms with E-state index in [1.54, 1.807) is 54.6 Å². The average molecular weight is 317 g/mol. The van der Waals surface area contributed by atoms with Gasteiger partial charge in [-0.25, -0.2) is 9.97 Å². The molecule has 0 spiro atoms. The number of rotatable bonds is 3. The lowest BCUT2D eigenvalue weighted by Crippen LogP contribution is -1.92. The fraction of sp³-hybridized carbons (Fsp3) is 0. The van der Waals surface area contributed by atoms with E-state index in [0.717, 1.165) is 27.4 Å². The molecule has 4 aromatic heterocycles. The standard InChI is InChI=1S/C17H11N5S/c1-2-5-19-13(4-1)12-11-23-16(14-10-18-8-9-20-14)15(12)17-21-6-3-7-22-17/h1-11H. The first kappa shape index (κ1) is 13.7. The van der Waals surface area contributed by atoms with Crippen molar-refractivity contribution in [3.63, 3.8) is 0 Å². The second kappa shape index (κ2) is 6.02. The van der Waals surface area contributed by atoms with Crippen molar-refractivity contribution in [1.29, 1.82) is 0 Å². The zero-order valence-corrected chi connectivity index (χ0v) is 12.8. The van der Waals surface area contributed by atoms with Crippen LogP contribution < -0.4 is 0 Å². The normalized spacial score (nSPS) is 10.6. The number of aromatic nitrogens is 5. The van der Waals surface area contributed by atoms with Gasteiger partial charge in [0, 0.05) is 47.5 Å². The molecule has 4 rings (SSSR count). The highest BCUT2D eigenvalue weighted by Gasteiger charge is 2.19. The van der Waals surface area contributed by atoms with E-state index in [-0.39, 0.29) is 0 Å². The van der Waals surface area contributed by atoms with E-state index >= 15 is 0 Å². The summed E-state index contributed by atoms with van der Waals surface area (Å²) in [6.07, 6.45) is 10.4. The van der Waals surface area contributed by atoms with Crippen LogP contribution in [0.25, 0.3) is 33.2 Å². The number of hydrogen-bond donors (Lipinski definition) is 0. The molecule has 0 atom stereocenters. The molecular weight excluding hydrogens is 306 g/mol. The van der Waals surface area contributed by atoms with Crippen molar-refractivity contribution < 1.29 is 0 Å². The van der Waals surface area contributed by atoms with E-state index in [0.29, 0.717) is 5.82 Å². The molecule has 0 fully saturated rings. The van der Waals surface area contributed by atoms with Crippen LogP contribution in [0, 0.1) is 0 Å². The summed E-state index contributed by atoms with van der Waals surface area (Å²) >= 11 is 1.60. The molecule has 0 saturated carbocycles. The Morgan fingerprint density at radius 3 is 2.30 bits per heavy atom. The van der Waals surface area contributed by atoms with Crippen molar-refractivity contribution in [2.45, 2.75) is 0 Å². The molecule has 0 aliphatic carbocycles. The maximum Gasteiger partial charge on any atom is 0.161 e. The Morgan fingerprint density at radius 1 is 0.739 bits per heavy atom. The van der Waals surface area contributed by atoms with Gasteiger partial charge in [0.25, 0.3) is 0 Å². The van der Waals surface area contributed by atoms with Crippen LogP contribution in [0.3, 0.4) is 0 Å². The van der Waals surface area contributed by atoms with Gasteiger partial charge in [0.15, 0.2) is 5.82 Å². The lowest BCUT2D eigenvalue weighted by Gasteiger charge is -2.05. The van der Waals surface area contributed by atoms with E-state index in [9.17, 15) is 0 Å². The highest BCUT2D eigenvalue weighted by Crippen LogP contribution is 2.41. The van der Waals surface area contributed by atoms with Gasteiger partial charge in [-0.2, -0.15) is 0 Å². The first-order chi connectivity index (χ1) is 11.4. The maximum atomic E-state index is 4.46. The van der Waals surface area contributed by atoms with Crippen LogP contribution in [0.2, 0.25) is 0 Å². The molecule has 0 amide bonds. The minimum atomic E-state index is 0.662. The quantitative estimate of drug-likeness (QED) is 0.576. The van der Waals surface area contributed by atoms with Gasteiger partial charge < -0.3 is 0 Å². The summed E-state index contributed by atoms with van der Waals surface area (Å²) in [5.74, 6) is 0.662. The van der Waals surface area contributed by atoms with E-state index in [1.807, 2.05) is 18.2 Å². The van der Waals surface area contributed by atoms with Gasteiger partial charge in [-0.15, -0.1) is 11.3 Å². The molecule has 0 unspecified atom stereocenters. The summed E-state index contributed by atoms with van der Waals surface area (Å²) < 4.78 is 0. The molecule has 0 bridgehead atoms. The van der Waals surface area contributed by atoms with Crippen LogP contribution in [-0.2, 0) is 0 Å². The highest BCUT2D eigenvalue weighted by atomic mass is 32.1. The van der Waals surface area contributed by atoms with Crippen molar-refractivity contribution >= 4 is 11.3 Å². The van der Waals surface area contributed by atoms with Gasteiger partial charge in [-0.3, -0.25) is 15.0 Å². The minimum Gasteiger partial charge on any atom is -0.261 e. The number of hydrogen-bond acceptors (Lipinski definition) is 6. The molecule has 110 valence electrons. The van der Waals surface area contributed by atoms with Crippen LogP contribution >= 0.6 is 11.3 Å². The Kier molecular flexibility index (Phi) is 3.57. The fourth-order valence-corrected chi connectivity index (χ4v) is 3.34. The van der Waals surface area contributed by atoms with Crippen LogP contribution in [0.1, 0.15) is 0 Å². The Morgan fingerprint density at radius 2 is 1.57 bits per heavy atom. The van der Waals surface area contributed by atoms with Crippen molar-refractivity contribution in [3.05, 3.63) is 66.8 Å². The molecule has 0 aliphatic heterocycles. The smallest absolute Gasteiger partial charge is 0.161 e. The van der Waals surface area contributed by atoms with Crippen molar-refractivity contribution in [1.82, 2.24) is 24.9 Å². The van der Waals surface area contributed by atoms with Gasteiger partial charge in [0.05, 0.1) is 22.5 Å². The average Bonchev–Trinajstić information content (AvgIpc) is 3.09. The molecule has 6 heteroatoms. The van der Waals surface area contributed by atoms with Crippen molar-refractivity contribution in [3.8, 4) is 33.2 Å². The van der Waals surface area contributed by atoms with Crippen molar-refractivity contribution in [2.75, 3.05) is 0 Å². The maximum absolute atomic E-state index is 4.46. The summed E-state index contributed by atoms with van der Waals surface area (Å²) in [6, 6.07) is 7.66. The minimum absolute atomic E-state index is 0.662. The summed E-state index contributed by atoms with van der Waals surface area (Å²) in [7, 11) is 0. The van der Waals surface area contributed by atoms with Gasteiger partial charge in [-0.1, -0.05) is 6.07 Å². The third kappa shape index (κ3) is 2.60. The number of pyridine rings is 1. The van der Waals surface area contributed by atoms with E-state index in [4.69, 9.17) is 0 Å². The van der Waals surface area contributed by atoms with Crippen LogP contribution in [0.5, 0.6) is 0 Å². The summed E-state index contributed by atoms with van der Waals surface area (Å²) in [6.45, 7) is 0. The second-order valence-corrected chi connectivity index (χ2v) is 5.61. The lowest BCUT2D eigenvalue weighted by molar-refractivity contribution is 1.17. The van der Waals surface area contributed by atoms with E-state index in [1.165, 1.54) is 0 Å². The summed E-state index contributed by atoms with van der Waals surface area (Å²) in [4.78, 5) is 22.9. The van der Waals surface area contributed by atoms with E-state index in [2.05, 4.69) is 30.3 Å². The Bertz CT molecular complexity index is 851. The Hall–Kier alpha value is -2.99. The molecule has 4 aromatic rings. The molecule has 23 heavy (non-hydrogen) atoms. The van der Waals surface area contributed by atoms with Crippen LogP contribution in [-0.4, -0.2) is 24.9 Å². The highest BCUT2D eigenvalue weighted by molar-refractivity contribution is 7.14. The molecule has 0 aliphatic rings. The fourth-order valence-electron chi connectivity index (χ4n) is 2.32. The zero-order chi connectivity index (χ0) is 15.5. The number of thiophene rings is 1. The van der Waals surface area contributed by atoms with Gasteiger partial charge in [0.1, 0.15) is 0 Å². The predicted molar refractivity (Wildman–Crippen MR) is 89.6 cm³/mol. The SMILES string of the molecule is c1ccc(-c2csc(-c3cnccn3)c2-c2ncccn2)nc1. The predicted octanol–water partition coefficient (Wildman–Crippen LogP) is 3.72. The molecule has 0 saturated heterocycles. The Labute approximate surface area is 136 Å². The summed E-state index contributed by atoms with van der Waals surface area (Å²) in [5, 5.41) is 2.07. The van der Waals surface area contributed by atoms with Gasteiger partial charge >= 0.3 is 0 Å². The first-order valence-electron chi connectivity index (χ1n) is 7.00. The molecule has 5 nitrogen and oxygen atoms in total. The van der Waals surface area contributed by atoms with Gasteiger partial charge in [0.2, 0.25) is 0 Å². The molecule has 4 heterocycles. The van der Waals surface area contributed by atoms with Gasteiger partial charge in [-0.05, 0) is 18.2 Å². The second-order valence-electron chi connectivity index (χ2n) is 4.73. The number of nitrogens with zero attached hydrogens (tertiary/aromatic N) is 5. The van der Waals surface area contributed by atoms with Crippen LogP contribution in [0.15, 0.2) is 66.8 Å². The molecular formula is C17H11N5S. The molecule has 0 aromatic carbocycles. The third-order valence-corrected chi connectivity index (χ3v) is 4.32. The Balaban J connectivity index is 1.97. The third-order valence-electron chi connectivity index (χ3n) is 3.32.